The predicted molar refractivity (Wildman–Crippen MR) is 81.0 cm³/mol. The normalized spacial score (nSPS) is 20.0. The highest BCUT2D eigenvalue weighted by Gasteiger charge is 2.33. The molecular weight excluding hydrogens is 276 g/mol. The molecule has 2 aromatic rings. The minimum Gasteiger partial charge on any atom is -0.334 e. The highest BCUT2D eigenvalue weighted by atomic mass is 16.5. The molecule has 1 aromatic heterocycles. The largest absolute Gasteiger partial charge is 0.334 e. The van der Waals surface area contributed by atoms with E-state index in [0.29, 0.717) is 17.4 Å². The lowest BCUT2D eigenvalue weighted by Crippen LogP contribution is -2.34. The summed E-state index contributed by atoms with van der Waals surface area (Å²) in [5, 5.41) is 13.0. The summed E-state index contributed by atoms with van der Waals surface area (Å²) >= 11 is 0. The second-order valence-electron chi connectivity index (χ2n) is 6.19. The van der Waals surface area contributed by atoms with Gasteiger partial charge in [-0.25, -0.2) is 0 Å². The van der Waals surface area contributed by atoms with Gasteiger partial charge in [0.05, 0.1) is 11.6 Å². The number of nitrogens with zero attached hydrogens (tertiary/aromatic N) is 4. The predicted octanol–water partition coefficient (Wildman–Crippen LogP) is 2.95. The number of rotatable bonds is 3. The third-order valence-corrected chi connectivity index (χ3v) is 4.66. The minimum absolute atomic E-state index is 0.408. The van der Waals surface area contributed by atoms with Gasteiger partial charge >= 0.3 is 0 Å². The Morgan fingerprint density at radius 3 is 2.45 bits per heavy atom. The molecular formula is C17H18N4O. The summed E-state index contributed by atoms with van der Waals surface area (Å²) in [6.07, 6.45) is 4.97. The van der Waals surface area contributed by atoms with Crippen molar-refractivity contribution in [2.45, 2.75) is 37.6 Å². The van der Waals surface area contributed by atoms with Crippen molar-refractivity contribution in [3.63, 3.8) is 0 Å². The van der Waals surface area contributed by atoms with Gasteiger partial charge in [-0.3, -0.25) is 0 Å². The summed E-state index contributed by atoms with van der Waals surface area (Å²) in [5.74, 6) is 1.78. The van der Waals surface area contributed by atoms with Gasteiger partial charge in [0, 0.05) is 17.5 Å². The molecule has 0 bridgehead atoms. The van der Waals surface area contributed by atoms with Gasteiger partial charge in [-0.2, -0.15) is 10.2 Å². The van der Waals surface area contributed by atoms with Gasteiger partial charge in [0.15, 0.2) is 5.82 Å². The van der Waals surface area contributed by atoms with E-state index in [0.717, 1.165) is 43.4 Å². The Morgan fingerprint density at radius 1 is 1.09 bits per heavy atom. The van der Waals surface area contributed by atoms with Crippen LogP contribution in [0.1, 0.15) is 43.0 Å². The fourth-order valence-electron chi connectivity index (χ4n) is 3.17. The van der Waals surface area contributed by atoms with Crippen molar-refractivity contribution < 1.29 is 4.52 Å². The summed E-state index contributed by atoms with van der Waals surface area (Å²) in [4.78, 5) is 7.16. The first-order valence-electron chi connectivity index (χ1n) is 7.91. The minimum atomic E-state index is 0.408. The Kier molecular flexibility index (Phi) is 3.39. The summed E-state index contributed by atoms with van der Waals surface area (Å²) in [7, 11) is 0. The molecule has 0 unspecified atom stereocenters. The van der Waals surface area contributed by atoms with Crippen LogP contribution in [0.2, 0.25) is 0 Å². The number of aromatic nitrogens is 2. The van der Waals surface area contributed by atoms with Gasteiger partial charge in [0.25, 0.3) is 5.89 Å². The summed E-state index contributed by atoms with van der Waals surface area (Å²) in [6.45, 7) is 2.30. The van der Waals surface area contributed by atoms with Gasteiger partial charge in [-0.1, -0.05) is 5.16 Å². The van der Waals surface area contributed by atoms with E-state index in [9.17, 15) is 0 Å². The first-order valence-corrected chi connectivity index (χ1v) is 7.91. The fourth-order valence-corrected chi connectivity index (χ4v) is 3.17. The quantitative estimate of drug-likeness (QED) is 0.870. The van der Waals surface area contributed by atoms with Crippen molar-refractivity contribution in [3.8, 4) is 17.5 Å². The maximum absolute atomic E-state index is 8.83. The molecule has 2 heterocycles. The number of piperidine rings is 1. The van der Waals surface area contributed by atoms with Gasteiger partial charge in [-0.05, 0) is 63.0 Å². The lowest BCUT2D eigenvalue weighted by molar-refractivity contribution is 0.199. The van der Waals surface area contributed by atoms with Crippen LogP contribution in [0.15, 0.2) is 28.8 Å². The molecule has 1 aliphatic heterocycles. The molecule has 4 rings (SSSR count). The average Bonchev–Trinajstić information content (AvgIpc) is 3.32. The van der Waals surface area contributed by atoms with Gasteiger partial charge < -0.3 is 9.42 Å². The molecule has 1 aromatic carbocycles. The highest BCUT2D eigenvalue weighted by molar-refractivity contribution is 5.54. The molecule has 1 aliphatic carbocycles. The zero-order valence-electron chi connectivity index (χ0n) is 12.4. The van der Waals surface area contributed by atoms with E-state index in [4.69, 9.17) is 9.78 Å². The topological polar surface area (TPSA) is 66.0 Å². The summed E-state index contributed by atoms with van der Waals surface area (Å²) in [6, 6.07) is 10.2. The highest BCUT2D eigenvalue weighted by Crippen LogP contribution is 2.34. The maximum Gasteiger partial charge on any atom is 0.257 e. The summed E-state index contributed by atoms with van der Waals surface area (Å²) in [5.41, 5.74) is 1.50. The third-order valence-electron chi connectivity index (χ3n) is 4.66. The summed E-state index contributed by atoms with van der Waals surface area (Å²) < 4.78 is 5.41. The number of benzene rings is 1. The molecule has 2 aliphatic rings. The second kappa shape index (κ2) is 5.54. The smallest absolute Gasteiger partial charge is 0.257 e. The molecule has 0 atom stereocenters. The number of hydrogen-bond donors (Lipinski definition) is 0. The van der Waals surface area contributed by atoms with E-state index < -0.39 is 0 Å². The second-order valence-corrected chi connectivity index (χ2v) is 6.19. The Hall–Kier alpha value is -2.19. The first-order chi connectivity index (χ1) is 10.8. The van der Waals surface area contributed by atoms with E-state index in [-0.39, 0.29) is 0 Å². The van der Waals surface area contributed by atoms with Gasteiger partial charge in [0.2, 0.25) is 0 Å². The molecule has 22 heavy (non-hydrogen) atoms. The standard InChI is InChI=1S/C17H18N4O/c18-11-12-1-3-14(4-2-12)17-19-16(20-22-17)13-7-9-21(10-8-13)15-5-6-15/h1-4,13,15H,5-10H2. The van der Waals surface area contributed by atoms with Crippen LogP contribution >= 0.6 is 0 Å². The molecule has 112 valence electrons. The van der Waals surface area contributed by atoms with Crippen molar-refractivity contribution in [3.05, 3.63) is 35.7 Å². The molecule has 5 heteroatoms. The van der Waals surface area contributed by atoms with Crippen molar-refractivity contribution in [1.29, 1.82) is 5.26 Å². The number of nitriles is 1. The lowest BCUT2D eigenvalue weighted by atomic mass is 9.96. The molecule has 0 spiro atoms. The molecule has 0 radical (unpaired) electrons. The molecule has 1 saturated heterocycles. The van der Waals surface area contributed by atoms with Crippen LogP contribution < -0.4 is 0 Å². The maximum atomic E-state index is 8.83. The molecule has 0 N–H and O–H groups in total. The SMILES string of the molecule is N#Cc1ccc(-c2nc(C3CCN(C4CC4)CC3)no2)cc1. The van der Waals surface area contributed by atoms with Crippen LogP contribution in [-0.4, -0.2) is 34.2 Å². The Bertz CT molecular complexity index is 688. The van der Waals surface area contributed by atoms with E-state index in [1.165, 1.54) is 12.8 Å². The van der Waals surface area contributed by atoms with Crippen LogP contribution in [0.3, 0.4) is 0 Å². The molecule has 5 nitrogen and oxygen atoms in total. The number of likely N-dealkylation sites (tertiary alicyclic amines) is 1. The third kappa shape index (κ3) is 2.62. The van der Waals surface area contributed by atoms with Crippen molar-refractivity contribution in [2.24, 2.45) is 0 Å². The van der Waals surface area contributed by atoms with Crippen molar-refractivity contribution in [2.75, 3.05) is 13.1 Å². The van der Waals surface area contributed by atoms with Crippen molar-refractivity contribution >= 4 is 0 Å². The van der Waals surface area contributed by atoms with E-state index in [1.807, 2.05) is 12.1 Å². The zero-order chi connectivity index (χ0) is 14.9. The van der Waals surface area contributed by atoms with Crippen LogP contribution in [0.5, 0.6) is 0 Å². The van der Waals surface area contributed by atoms with E-state index in [2.05, 4.69) is 21.1 Å². The Balaban J connectivity index is 1.45. The van der Waals surface area contributed by atoms with Crippen LogP contribution in [-0.2, 0) is 0 Å². The Morgan fingerprint density at radius 2 is 1.82 bits per heavy atom. The Labute approximate surface area is 129 Å². The van der Waals surface area contributed by atoms with Crippen LogP contribution in [0.25, 0.3) is 11.5 Å². The molecule has 1 saturated carbocycles. The van der Waals surface area contributed by atoms with E-state index in [1.54, 1.807) is 12.1 Å². The van der Waals surface area contributed by atoms with Crippen LogP contribution in [0.4, 0.5) is 0 Å². The van der Waals surface area contributed by atoms with E-state index >= 15 is 0 Å². The van der Waals surface area contributed by atoms with Crippen molar-refractivity contribution in [1.82, 2.24) is 15.0 Å². The van der Waals surface area contributed by atoms with Gasteiger partial charge in [-0.15, -0.1) is 0 Å². The monoisotopic (exact) mass is 294 g/mol. The molecule has 0 amide bonds. The molecule has 2 fully saturated rings. The lowest BCUT2D eigenvalue weighted by Gasteiger charge is -2.30. The zero-order valence-corrected chi connectivity index (χ0v) is 12.4. The number of hydrogen-bond acceptors (Lipinski definition) is 5. The first kappa shape index (κ1) is 13.5. The average molecular weight is 294 g/mol. The van der Waals surface area contributed by atoms with Gasteiger partial charge in [0.1, 0.15) is 0 Å². The fraction of sp³-hybridized carbons (Fsp3) is 0.471. The van der Waals surface area contributed by atoms with Crippen LogP contribution in [0, 0.1) is 11.3 Å².